The third-order valence-electron chi connectivity index (χ3n) is 4.29. The van der Waals surface area contributed by atoms with Gasteiger partial charge in [-0.2, -0.15) is 0 Å². The zero-order chi connectivity index (χ0) is 17.4. The molecule has 0 saturated carbocycles. The number of nitrogens with one attached hydrogen (secondary N) is 2. The number of aromatic nitrogens is 3. The van der Waals surface area contributed by atoms with Gasteiger partial charge in [0.05, 0.1) is 16.7 Å². The molecule has 1 aliphatic carbocycles. The van der Waals surface area contributed by atoms with Gasteiger partial charge in [-0.1, -0.05) is 6.42 Å². The molecule has 1 aliphatic rings. The van der Waals surface area contributed by atoms with Gasteiger partial charge in [0.1, 0.15) is 0 Å². The Morgan fingerprint density at radius 1 is 1.20 bits per heavy atom. The Kier molecular flexibility index (Phi) is 4.20. The molecule has 25 heavy (non-hydrogen) atoms. The fraction of sp³-hybridized carbons (Fsp3) is 0.353. The first-order valence-electron chi connectivity index (χ1n) is 8.18. The summed E-state index contributed by atoms with van der Waals surface area (Å²) in [5, 5.41) is 3.41. The first-order valence-corrected chi connectivity index (χ1v) is 8.99. The van der Waals surface area contributed by atoms with Crippen LogP contribution in [0.25, 0.3) is 11.0 Å². The number of aromatic amines is 1. The number of benzene rings is 1. The van der Waals surface area contributed by atoms with Crippen molar-refractivity contribution in [3.05, 3.63) is 40.2 Å². The Labute approximate surface area is 146 Å². The van der Waals surface area contributed by atoms with Crippen molar-refractivity contribution < 1.29 is 13.6 Å². The highest BCUT2D eigenvalue weighted by Gasteiger charge is 2.17. The molecule has 0 bridgehead atoms. The third-order valence-corrected chi connectivity index (χ3v) is 5.36. The summed E-state index contributed by atoms with van der Waals surface area (Å²) < 4.78 is 25.4. The zero-order valence-electron chi connectivity index (χ0n) is 13.3. The van der Waals surface area contributed by atoms with Crippen molar-refractivity contribution in [2.75, 3.05) is 5.32 Å². The summed E-state index contributed by atoms with van der Waals surface area (Å²) in [5.74, 6) is -0.699. The number of alkyl halides is 2. The normalized spacial score (nSPS) is 14.5. The van der Waals surface area contributed by atoms with Crippen molar-refractivity contribution in [3.8, 4) is 0 Å². The van der Waals surface area contributed by atoms with Gasteiger partial charge in [-0.25, -0.2) is 18.7 Å². The van der Waals surface area contributed by atoms with E-state index in [0.29, 0.717) is 21.7 Å². The maximum Gasteiger partial charge on any atom is 0.295 e. The lowest BCUT2D eigenvalue weighted by molar-refractivity contribution is 0.102. The number of rotatable bonds is 3. The molecule has 2 N–H and O–H groups in total. The molecular formula is C17H16F2N4OS. The topological polar surface area (TPSA) is 70.7 Å². The third kappa shape index (κ3) is 3.26. The second-order valence-electron chi connectivity index (χ2n) is 6.06. The van der Waals surface area contributed by atoms with E-state index in [1.54, 1.807) is 12.1 Å². The number of H-pyrrole nitrogens is 1. The van der Waals surface area contributed by atoms with Gasteiger partial charge in [-0.05, 0) is 43.9 Å². The number of fused-ring (bicyclic) bond motifs is 2. The van der Waals surface area contributed by atoms with Gasteiger partial charge in [0.15, 0.2) is 11.0 Å². The second kappa shape index (κ2) is 6.51. The van der Waals surface area contributed by atoms with Crippen LogP contribution in [0.1, 0.15) is 52.4 Å². The van der Waals surface area contributed by atoms with E-state index in [9.17, 15) is 13.6 Å². The predicted octanol–water partition coefficient (Wildman–Crippen LogP) is 4.48. The Balaban J connectivity index is 1.55. The van der Waals surface area contributed by atoms with Crippen molar-refractivity contribution in [3.63, 3.8) is 0 Å². The van der Waals surface area contributed by atoms with Gasteiger partial charge < -0.3 is 4.98 Å². The van der Waals surface area contributed by atoms with Crippen LogP contribution < -0.4 is 5.32 Å². The molecule has 130 valence electrons. The van der Waals surface area contributed by atoms with E-state index in [4.69, 9.17) is 0 Å². The van der Waals surface area contributed by atoms with Crippen LogP contribution in [0.15, 0.2) is 18.2 Å². The number of halogens is 2. The van der Waals surface area contributed by atoms with Crippen LogP contribution in [0.3, 0.4) is 0 Å². The largest absolute Gasteiger partial charge is 0.337 e. The molecule has 0 fully saturated rings. The molecule has 5 nitrogen and oxygen atoms in total. The van der Waals surface area contributed by atoms with E-state index in [-0.39, 0.29) is 5.91 Å². The highest BCUT2D eigenvalue weighted by molar-refractivity contribution is 7.15. The van der Waals surface area contributed by atoms with Crippen molar-refractivity contribution >= 4 is 33.4 Å². The molecule has 2 heterocycles. The van der Waals surface area contributed by atoms with E-state index >= 15 is 0 Å². The van der Waals surface area contributed by atoms with Gasteiger partial charge >= 0.3 is 0 Å². The summed E-state index contributed by atoms with van der Waals surface area (Å²) in [4.78, 5) is 24.6. The number of anilines is 1. The maximum atomic E-state index is 12.7. The fourth-order valence-corrected chi connectivity index (χ4v) is 4.07. The standard InChI is InChI=1S/C17H16F2N4OS/c18-14(19)15-20-10-7-6-9(8-12(10)21-15)16(24)23-17-22-11-4-2-1-3-5-13(11)25-17/h6-8,14H,1-5H2,(H,20,21)(H,22,23,24). The molecule has 0 saturated heterocycles. The molecule has 1 amide bonds. The van der Waals surface area contributed by atoms with Gasteiger partial charge in [0, 0.05) is 10.4 Å². The van der Waals surface area contributed by atoms with Crippen molar-refractivity contribution in [1.82, 2.24) is 15.0 Å². The Morgan fingerprint density at radius 3 is 2.88 bits per heavy atom. The lowest BCUT2D eigenvalue weighted by Crippen LogP contribution is -2.11. The van der Waals surface area contributed by atoms with E-state index in [1.807, 2.05) is 0 Å². The SMILES string of the molecule is O=C(Nc1nc2c(s1)CCCCC2)c1ccc2nc(C(F)F)[nH]c2c1. The lowest BCUT2D eigenvalue weighted by Gasteiger charge is -2.02. The molecule has 0 spiro atoms. The van der Waals surface area contributed by atoms with Crippen molar-refractivity contribution in [2.45, 2.75) is 38.5 Å². The van der Waals surface area contributed by atoms with Gasteiger partial charge in [0.2, 0.25) is 0 Å². The van der Waals surface area contributed by atoms with Crippen molar-refractivity contribution in [1.29, 1.82) is 0 Å². The number of amides is 1. The summed E-state index contributed by atoms with van der Waals surface area (Å²) in [6.45, 7) is 0. The molecule has 1 aromatic carbocycles. The molecule has 0 atom stereocenters. The Bertz CT molecular complexity index is 911. The number of nitrogens with zero attached hydrogens (tertiary/aromatic N) is 2. The van der Waals surface area contributed by atoms with E-state index in [2.05, 4.69) is 20.3 Å². The Morgan fingerprint density at radius 2 is 2.04 bits per heavy atom. The number of hydrogen-bond acceptors (Lipinski definition) is 4. The van der Waals surface area contributed by atoms with Crippen LogP contribution in [0.4, 0.5) is 13.9 Å². The maximum absolute atomic E-state index is 12.7. The first kappa shape index (κ1) is 16.1. The van der Waals surface area contributed by atoms with Crippen LogP contribution in [-0.4, -0.2) is 20.9 Å². The summed E-state index contributed by atoms with van der Waals surface area (Å²) in [6.07, 6.45) is 2.81. The summed E-state index contributed by atoms with van der Waals surface area (Å²) in [7, 11) is 0. The molecule has 4 rings (SSSR count). The molecule has 3 aromatic rings. The fourth-order valence-electron chi connectivity index (χ4n) is 3.03. The number of imidazole rings is 1. The monoisotopic (exact) mass is 362 g/mol. The van der Waals surface area contributed by atoms with Gasteiger partial charge in [0.25, 0.3) is 12.3 Å². The van der Waals surface area contributed by atoms with Crippen LogP contribution in [-0.2, 0) is 12.8 Å². The highest BCUT2D eigenvalue weighted by atomic mass is 32.1. The number of carbonyl (C=O) groups is 1. The summed E-state index contributed by atoms with van der Waals surface area (Å²) in [6, 6.07) is 4.66. The minimum absolute atomic E-state index is 0.306. The number of hydrogen-bond donors (Lipinski definition) is 2. The van der Waals surface area contributed by atoms with Gasteiger partial charge in [-0.3, -0.25) is 10.1 Å². The van der Waals surface area contributed by atoms with Crippen LogP contribution >= 0.6 is 11.3 Å². The molecular weight excluding hydrogens is 346 g/mol. The van der Waals surface area contributed by atoms with E-state index in [1.165, 1.54) is 28.7 Å². The smallest absolute Gasteiger partial charge is 0.295 e. The molecule has 8 heteroatoms. The molecule has 0 radical (unpaired) electrons. The van der Waals surface area contributed by atoms with Crippen molar-refractivity contribution in [2.24, 2.45) is 0 Å². The predicted molar refractivity (Wildman–Crippen MR) is 92.4 cm³/mol. The van der Waals surface area contributed by atoms with Crippen LogP contribution in [0, 0.1) is 0 Å². The lowest BCUT2D eigenvalue weighted by atomic mass is 10.2. The summed E-state index contributed by atoms with van der Waals surface area (Å²) >= 11 is 1.52. The summed E-state index contributed by atoms with van der Waals surface area (Å²) in [5.41, 5.74) is 2.29. The molecule has 2 aromatic heterocycles. The average Bonchev–Trinajstić information content (AvgIpc) is 3.12. The zero-order valence-corrected chi connectivity index (χ0v) is 14.1. The van der Waals surface area contributed by atoms with Gasteiger partial charge in [-0.15, -0.1) is 11.3 Å². The van der Waals surface area contributed by atoms with E-state index < -0.39 is 12.2 Å². The van der Waals surface area contributed by atoms with Crippen LogP contribution in [0.5, 0.6) is 0 Å². The molecule has 0 unspecified atom stereocenters. The first-order chi connectivity index (χ1) is 12.1. The second-order valence-corrected chi connectivity index (χ2v) is 7.14. The van der Waals surface area contributed by atoms with E-state index in [0.717, 1.165) is 31.4 Å². The highest BCUT2D eigenvalue weighted by Crippen LogP contribution is 2.29. The molecule has 0 aliphatic heterocycles. The number of carbonyl (C=O) groups excluding carboxylic acids is 1. The average molecular weight is 362 g/mol. The number of thiazole rings is 1. The number of aryl methyl sites for hydroxylation is 2. The quantitative estimate of drug-likeness (QED) is 0.675. The Hall–Kier alpha value is -2.35. The minimum atomic E-state index is -2.67. The minimum Gasteiger partial charge on any atom is -0.337 e. The van der Waals surface area contributed by atoms with Crippen LogP contribution in [0.2, 0.25) is 0 Å².